The lowest BCUT2D eigenvalue weighted by Gasteiger charge is -2.07. The summed E-state index contributed by atoms with van der Waals surface area (Å²) < 4.78 is 24.7. The monoisotopic (exact) mass is 305 g/mol. The zero-order valence-corrected chi connectivity index (χ0v) is 12.5. The molecule has 0 unspecified atom stereocenters. The first-order valence-electron chi connectivity index (χ1n) is 6.29. The van der Waals surface area contributed by atoms with Crippen molar-refractivity contribution in [2.24, 2.45) is 0 Å². The molecule has 0 amide bonds. The molecular formula is C15H15NO4S. The molecule has 0 aliphatic heterocycles. The van der Waals surface area contributed by atoms with Gasteiger partial charge in [-0.2, -0.15) is 0 Å². The van der Waals surface area contributed by atoms with Crippen LogP contribution in [0.1, 0.15) is 27.3 Å². The van der Waals surface area contributed by atoms with Crippen LogP contribution in [0.3, 0.4) is 0 Å². The van der Waals surface area contributed by atoms with Gasteiger partial charge in [0, 0.05) is 0 Å². The lowest BCUT2D eigenvalue weighted by molar-refractivity contribution is 0.0690. The fourth-order valence-electron chi connectivity index (χ4n) is 1.86. The van der Waals surface area contributed by atoms with Crippen LogP contribution < -0.4 is 0 Å². The molecule has 2 rings (SSSR count). The van der Waals surface area contributed by atoms with Gasteiger partial charge in [0.05, 0.1) is 16.3 Å². The number of aryl methyl sites for hydroxylation is 2. The van der Waals surface area contributed by atoms with Crippen LogP contribution >= 0.6 is 0 Å². The van der Waals surface area contributed by atoms with Gasteiger partial charge in [-0.15, -0.1) is 0 Å². The molecule has 0 atom stereocenters. The van der Waals surface area contributed by atoms with Gasteiger partial charge in [-0.05, 0) is 49.2 Å². The molecule has 110 valence electrons. The van der Waals surface area contributed by atoms with Crippen molar-refractivity contribution in [1.82, 2.24) is 4.98 Å². The molecule has 0 saturated heterocycles. The quantitative estimate of drug-likeness (QED) is 0.937. The summed E-state index contributed by atoms with van der Waals surface area (Å²) in [7, 11) is -3.55. The van der Waals surface area contributed by atoms with Gasteiger partial charge in [0.2, 0.25) is 0 Å². The number of aromatic nitrogens is 1. The molecule has 0 radical (unpaired) electrons. The number of nitrogens with zero attached hydrogens (tertiary/aromatic N) is 1. The van der Waals surface area contributed by atoms with E-state index >= 15 is 0 Å². The predicted octanol–water partition coefficient (Wildman–Crippen LogP) is 2.37. The van der Waals surface area contributed by atoms with Gasteiger partial charge in [-0.25, -0.2) is 18.2 Å². The van der Waals surface area contributed by atoms with E-state index in [1.54, 1.807) is 18.2 Å². The first-order valence-corrected chi connectivity index (χ1v) is 7.94. The zero-order chi connectivity index (χ0) is 15.6. The second-order valence-corrected chi connectivity index (χ2v) is 6.81. The molecular weight excluding hydrogens is 290 g/mol. The third kappa shape index (κ3) is 3.46. The van der Waals surface area contributed by atoms with Crippen molar-refractivity contribution in [2.75, 3.05) is 0 Å². The molecule has 0 spiro atoms. The molecule has 21 heavy (non-hydrogen) atoms. The van der Waals surface area contributed by atoms with Crippen LogP contribution in [-0.4, -0.2) is 24.5 Å². The number of sulfone groups is 1. The molecule has 0 aliphatic carbocycles. The SMILES string of the molecule is Cc1ccc(S(=O)(=O)Cc2cccc(C(=O)O)n2)cc1C. The van der Waals surface area contributed by atoms with E-state index in [-0.39, 0.29) is 22.0 Å². The normalized spacial score (nSPS) is 11.3. The highest BCUT2D eigenvalue weighted by Crippen LogP contribution is 2.19. The number of hydrogen-bond donors (Lipinski definition) is 1. The summed E-state index contributed by atoms with van der Waals surface area (Å²) in [6.07, 6.45) is 0. The van der Waals surface area contributed by atoms with E-state index in [2.05, 4.69) is 4.98 Å². The number of carboxylic acid groups (broad SMARTS) is 1. The summed E-state index contributed by atoms with van der Waals surface area (Å²) in [6, 6.07) is 9.24. The van der Waals surface area contributed by atoms with Crippen LogP contribution in [0.4, 0.5) is 0 Å². The Labute approximate surface area is 123 Å². The van der Waals surface area contributed by atoms with Crippen LogP contribution in [0.15, 0.2) is 41.3 Å². The molecule has 1 aromatic heterocycles. The maximum Gasteiger partial charge on any atom is 0.354 e. The summed E-state index contributed by atoms with van der Waals surface area (Å²) in [6.45, 7) is 3.75. The van der Waals surface area contributed by atoms with Gasteiger partial charge in [-0.3, -0.25) is 0 Å². The highest BCUT2D eigenvalue weighted by molar-refractivity contribution is 7.90. The fourth-order valence-corrected chi connectivity index (χ4v) is 3.21. The average Bonchev–Trinajstić information content (AvgIpc) is 2.41. The Hall–Kier alpha value is -2.21. The van der Waals surface area contributed by atoms with Crippen molar-refractivity contribution in [2.45, 2.75) is 24.5 Å². The van der Waals surface area contributed by atoms with E-state index in [4.69, 9.17) is 5.11 Å². The Bertz CT molecular complexity index is 797. The number of benzene rings is 1. The Morgan fingerprint density at radius 3 is 2.48 bits per heavy atom. The molecule has 6 heteroatoms. The van der Waals surface area contributed by atoms with Gasteiger partial charge in [-0.1, -0.05) is 12.1 Å². The van der Waals surface area contributed by atoms with Gasteiger partial charge in [0.15, 0.2) is 9.84 Å². The Kier molecular flexibility index (Phi) is 4.09. The molecule has 0 bridgehead atoms. The molecule has 0 aliphatic rings. The van der Waals surface area contributed by atoms with E-state index in [1.165, 1.54) is 18.2 Å². The summed E-state index contributed by atoms with van der Waals surface area (Å²) >= 11 is 0. The van der Waals surface area contributed by atoms with E-state index in [0.29, 0.717) is 0 Å². The van der Waals surface area contributed by atoms with E-state index in [1.807, 2.05) is 13.8 Å². The minimum absolute atomic E-state index is 0.164. The Balaban J connectivity index is 2.35. The second-order valence-electron chi connectivity index (χ2n) is 4.82. The van der Waals surface area contributed by atoms with Crippen LogP contribution in [0.25, 0.3) is 0 Å². The van der Waals surface area contributed by atoms with Crippen LogP contribution in [-0.2, 0) is 15.6 Å². The topological polar surface area (TPSA) is 84.3 Å². The van der Waals surface area contributed by atoms with Crippen molar-refractivity contribution >= 4 is 15.8 Å². The number of carbonyl (C=O) groups is 1. The number of hydrogen-bond acceptors (Lipinski definition) is 4. The van der Waals surface area contributed by atoms with Crippen molar-refractivity contribution in [1.29, 1.82) is 0 Å². The largest absolute Gasteiger partial charge is 0.477 e. The summed E-state index contributed by atoms with van der Waals surface area (Å²) in [4.78, 5) is 14.9. The standard InChI is InChI=1S/C15H15NO4S/c1-10-6-7-13(8-11(10)2)21(19,20)9-12-4-3-5-14(16-12)15(17)18/h3-8H,9H2,1-2H3,(H,17,18). The smallest absolute Gasteiger partial charge is 0.354 e. The highest BCUT2D eigenvalue weighted by atomic mass is 32.2. The third-order valence-electron chi connectivity index (χ3n) is 3.20. The third-order valence-corrected chi connectivity index (χ3v) is 4.85. The fraction of sp³-hybridized carbons (Fsp3) is 0.200. The minimum atomic E-state index is -3.55. The lowest BCUT2D eigenvalue weighted by Crippen LogP contribution is -2.09. The minimum Gasteiger partial charge on any atom is -0.477 e. The van der Waals surface area contributed by atoms with Crippen LogP contribution in [0, 0.1) is 13.8 Å². The van der Waals surface area contributed by atoms with Crippen LogP contribution in [0.5, 0.6) is 0 Å². The average molecular weight is 305 g/mol. The number of rotatable bonds is 4. The van der Waals surface area contributed by atoms with Gasteiger partial charge in [0.1, 0.15) is 5.69 Å². The second kappa shape index (κ2) is 5.65. The van der Waals surface area contributed by atoms with E-state index in [9.17, 15) is 13.2 Å². The molecule has 1 N–H and O–H groups in total. The summed E-state index contributed by atoms with van der Waals surface area (Å²) in [5.74, 6) is -1.50. The van der Waals surface area contributed by atoms with E-state index in [0.717, 1.165) is 11.1 Å². The molecule has 0 fully saturated rings. The van der Waals surface area contributed by atoms with Gasteiger partial charge >= 0.3 is 5.97 Å². The Morgan fingerprint density at radius 1 is 1.14 bits per heavy atom. The molecule has 2 aromatic rings. The molecule has 1 aromatic carbocycles. The number of aromatic carboxylic acids is 1. The van der Waals surface area contributed by atoms with Gasteiger partial charge in [0.25, 0.3) is 0 Å². The van der Waals surface area contributed by atoms with Crippen molar-refractivity contribution in [3.8, 4) is 0 Å². The van der Waals surface area contributed by atoms with Crippen molar-refractivity contribution in [3.05, 3.63) is 58.9 Å². The number of carboxylic acids is 1. The zero-order valence-electron chi connectivity index (χ0n) is 11.7. The maximum atomic E-state index is 12.4. The van der Waals surface area contributed by atoms with Crippen LogP contribution in [0.2, 0.25) is 0 Å². The van der Waals surface area contributed by atoms with Crippen molar-refractivity contribution in [3.63, 3.8) is 0 Å². The summed E-state index contributed by atoms with van der Waals surface area (Å²) in [5.41, 5.74) is 1.96. The first-order chi connectivity index (χ1) is 9.79. The predicted molar refractivity (Wildman–Crippen MR) is 78.0 cm³/mol. The van der Waals surface area contributed by atoms with E-state index < -0.39 is 15.8 Å². The van der Waals surface area contributed by atoms with Gasteiger partial charge < -0.3 is 5.11 Å². The highest BCUT2D eigenvalue weighted by Gasteiger charge is 2.17. The lowest BCUT2D eigenvalue weighted by atomic mass is 10.1. The number of pyridine rings is 1. The Morgan fingerprint density at radius 2 is 1.86 bits per heavy atom. The molecule has 1 heterocycles. The first kappa shape index (κ1) is 15.2. The summed E-state index contributed by atoms with van der Waals surface area (Å²) in [5, 5.41) is 8.88. The molecule has 5 nitrogen and oxygen atoms in total. The molecule has 0 saturated carbocycles. The maximum absolute atomic E-state index is 12.4. The van der Waals surface area contributed by atoms with Crippen molar-refractivity contribution < 1.29 is 18.3 Å².